The predicted octanol–water partition coefficient (Wildman–Crippen LogP) is 2.89. The van der Waals surface area contributed by atoms with Gasteiger partial charge in [-0.3, -0.25) is 4.99 Å². The molecule has 1 N–H and O–H groups in total. The smallest absolute Gasteiger partial charge is 0.193 e. The summed E-state index contributed by atoms with van der Waals surface area (Å²) in [6.45, 7) is 3.06. The molecule has 2 rings (SSSR count). The topological polar surface area (TPSA) is 58.6 Å². The highest BCUT2D eigenvalue weighted by Crippen LogP contribution is 2.27. The minimum absolute atomic E-state index is 0.671. The van der Waals surface area contributed by atoms with Gasteiger partial charge in [-0.05, 0) is 55.9 Å². The van der Waals surface area contributed by atoms with Crippen LogP contribution in [-0.4, -0.2) is 77.9 Å². The summed E-state index contributed by atoms with van der Waals surface area (Å²) in [6.07, 6.45) is 0.868. The van der Waals surface area contributed by atoms with Crippen molar-refractivity contribution in [2.24, 2.45) is 4.99 Å². The van der Waals surface area contributed by atoms with E-state index in [1.165, 1.54) is 5.56 Å². The Morgan fingerprint density at radius 1 is 0.935 bits per heavy atom. The predicted molar refractivity (Wildman–Crippen MR) is 127 cm³/mol. The summed E-state index contributed by atoms with van der Waals surface area (Å²) in [6, 6.07) is 14.2. The molecule has 0 heterocycles. The van der Waals surface area contributed by atoms with Crippen LogP contribution >= 0.6 is 0 Å². The molecule has 0 saturated heterocycles. The first-order chi connectivity index (χ1) is 15.0. The van der Waals surface area contributed by atoms with Gasteiger partial charge >= 0.3 is 0 Å². The van der Waals surface area contributed by atoms with E-state index in [0.29, 0.717) is 13.2 Å². The lowest BCUT2D eigenvalue weighted by molar-refractivity contribution is 0.261. The zero-order valence-corrected chi connectivity index (χ0v) is 19.6. The number of aliphatic imine (C=N–C) groups is 1. The summed E-state index contributed by atoms with van der Waals surface area (Å²) in [5.41, 5.74) is 2.33. The van der Waals surface area contributed by atoms with Crippen LogP contribution in [0.2, 0.25) is 0 Å². The summed E-state index contributed by atoms with van der Waals surface area (Å²) in [5.74, 6) is 3.22. The minimum atomic E-state index is 0.671. The van der Waals surface area contributed by atoms with Crippen LogP contribution in [0.15, 0.2) is 47.5 Å². The van der Waals surface area contributed by atoms with Crippen LogP contribution in [0.25, 0.3) is 0 Å². The molecule has 0 atom stereocenters. The summed E-state index contributed by atoms with van der Waals surface area (Å²) < 4.78 is 16.5. The Kier molecular flexibility index (Phi) is 9.97. The van der Waals surface area contributed by atoms with E-state index in [0.717, 1.165) is 48.3 Å². The number of hydrogen-bond acceptors (Lipinski definition) is 5. The lowest BCUT2D eigenvalue weighted by Gasteiger charge is -2.22. The second kappa shape index (κ2) is 12.7. The molecule has 0 aromatic heterocycles. The van der Waals surface area contributed by atoms with Gasteiger partial charge in [0.1, 0.15) is 12.4 Å². The molecule has 0 radical (unpaired) electrons. The van der Waals surface area contributed by atoms with Crippen molar-refractivity contribution in [3.8, 4) is 17.2 Å². The molecule has 0 aliphatic carbocycles. The fourth-order valence-electron chi connectivity index (χ4n) is 3.10. The Labute approximate surface area is 186 Å². The Balaban J connectivity index is 1.87. The van der Waals surface area contributed by atoms with Gasteiger partial charge < -0.3 is 29.3 Å². The molecule has 0 fully saturated rings. The van der Waals surface area contributed by atoms with Gasteiger partial charge in [0.25, 0.3) is 0 Å². The van der Waals surface area contributed by atoms with Crippen molar-refractivity contribution in [1.82, 2.24) is 15.1 Å². The first-order valence-electron chi connectivity index (χ1n) is 10.5. The molecule has 0 unspecified atom stereocenters. The standard InChI is InChI=1S/C24H36N4O3/c1-25-24(26-18-20-8-7-9-21(16-20)31-15-14-27(2)3)28(4)13-12-19-10-11-22(29-5)23(17-19)30-6/h7-11,16-17H,12-15,18H2,1-6H3,(H,25,26). The Bertz CT molecular complexity index is 839. The quantitative estimate of drug-likeness (QED) is 0.439. The third kappa shape index (κ3) is 8.02. The molecule has 2 aromatic rings. The normalized spacial score (nSPS) is 11.4. The zero-order valence-electron chi connectivity index (χ0n) is 19.6. The van der Waals surface area contributed by atoms with E-state index in [1.807, 2.05) is 45.4 Å². The van der Waals surface area contributed by atoms with Gasteiger partial charge in [-0.2, -0.15) is 0 Å². The molecule has 0 amide bonds. The van der Waals surface area contributed by atoms with Crippen LogP contribution in [0.4, 0.5) is 0 Å². The second-order valence-corrected chi connectivity index (χ2v) is 7.56. The molecule has 0 saturated carbocycles. The van der Waals surface area contributed by atoms with Crippen molar-refractivity contribution in [2.45, 2.75) is 13.0 Å². The second-order valence-electron chi connectivity index (χ2n) is 7.56. The molecular weight excluding hydrogens is 392 g/mol. The molecule has 7 nitrogen and oxygen atoms in total. The van der Waals surface area contributed by atoms with E-state index >= 15 is 0 Å². The zero-order chi connectivity index (χ0) is 22.6. The van der Waals surface area contributed by atoms with Crippen LogP contribution < -0.4 is 19.5 Å². The van der Waals surface area contributed by atoms with Crippen LogP contribution in [0, 0.1) is 0 Å². The molecule has 0 spiro atoms. The van der Waals surface area contributed by atoms with E-state index < -0.39 is 0 Å². The molecule has 0 aliphatic heterocycles. The summed E-state index contributed by atoms with van der Waals surface area (Å²) in [5, 5.41) is 3.43. The van der Waals surface area contributed by atoms with Crippen molar-refractivity contribution < 1.29 is 14.2 Å². The number of benzene rings is 2. The molecule has 0 aliphatic rings. The fraction of sp³-hybridized carbons (Fsp3) is 0.458. The van der Waals surface area contributed by atoms with E-state index in [-0.39, 0.29) is 0 Å². The number of guanidine groups is 1. The molecule has 0 bridgehead atoms. The van der Waals surface area contributed by atoms with Gasteiger partial charge in [-0.1, -0.05) is 18.2 Å². The van der Waals surface area contributed by atoms with Crippen molar-refractivity contribution in [3.63, 3.8) is 0 Å². The van der Waals surface area contributed by atoms with E-state index in [1.54, 1.807) is 21.3 Å². The van der Waals surface area contributed by atoms with E-state index in [2.05, 4.69) is 38.3 Å². The van der Waals surface area contributed by atoms with Gasteiger partial charge in [0.15, 0.2) is 17.5 Å². The SMILES string of the molecule is CN=C(NCc1cccc(OCCN(C)C)c1)N(C)CCc1ccc(OC)c(OC)c1. The first kappa shape index (κ1) is 24.3. The number of likely N-dealkylation sites (N-methyl/N-ethyl adjacent to an activating group) is 2. The van der Waals surface area contributed by atoms with Crippen LogP contribution in [0.1, 0.15) is 11.1 Å². The van der Waals surface area contributed by atoms with Gasteiger partial charge in [0.05, 0.1) is 14.2 Å². The highest BCUT2D eigenvalue weighted by Gasteiger charge is 2.09. The number of hydrogen-bond donors (Lipinski definition) is 1. The maximum Gasteiger partial charge on any atom is 0.193 e. The number of ether oxygens (including phenoxy) is 3. The minimum Gasteiger partial charge on any atom is -0.493 e. The number of rotatable bonds is 11. The Morgan fingerprint density at radius 3 is 2.39 bits per heavy atom. The van der Waals surface area contributed by atoms with Gasteiger partial charge in [-0.25, -0.2) is 0 Å². The molecule has 7 heteroatoms. The van der Waals surface area contributed by atoms with Crippen LogP contribution in [0.5, 0.6) is 17.2 Å². The highest BCUT2D eigenvalue weighted by atomic mass is 16.5. The average Bonchev–Trinajstić information content (AvgIpc) is 2.77. The summed E-state index contributed by atoms with van der Waals surface area (Å²) in [7, 11) is 11.2. The third-order valence-corrected chi connectivity index (χ3v) is 4.91. The largest absolute Gasteiger partial charge is 0.493 e. The maximum absolute atomic E-state index is 5.83. The van der Waals surface area contributed by atoms with Crippen LogP contribution in [-0.2, 0) is 13.0 Å². The van der Waals surface area contributed by atoms with Crippen molar-refractivity contribution in [3.05, 3.63) is 53.6 Å². The molecular formula is C24H36N4O3. The number of methoxy groups -OCH3 is 2. The third-order valence-electron chi connectivity index (χ3n) is 4.91. The average molecular weight is 429 g/mol. The van der Waals surface area contributed by atoms with Crippen molar-refractivity contribution in [1.29, 1.82) is 0 Å². The summed E-state index contributed by atoms with van der Waals surface area (Å²) in [4.78, 5) is 8.64. The molecule has 31 heavy (non-hydrogen) atoms. The molecule has 170 valence electrons. The van der Waals surface area contributed by atoms with Gasteiger partial charge in [0, 0.05) is 33.7 Å². The lowest BCUT2D eigenvalue weighted by Crippen LogP contribution is -2.39. The first-order valence-corrected chi connectivity index (χ1v) is 10.5. The fourth-order valence-corrected chi connectivity index (χ4v) is 3.10. The monoisotopic (exact) mass is 428 g/mol. The number of nitrogens with one attached hydrogen (secondary N) is 1. The Morgan fingerprint density at radius 2 is 1.71 bits per heavy atom. The maximum atomic E-state index is 5.83. The van der Waals surface area contributed by atoms with Gasteiger partial charge in [-0.15, -0.1) is 0 Å². The lowest BCUT2D eigenvalue weighted by atomic mass is 10.1. The van der Waals surface area contributed by atoms with E-state index in [4.69, 9.17) is 14.2 Å². The van der Waals surface area contributed by atoms with Crippen LogP contribution in [0.3, 0.4) is 0 Å². The van der Waals surface area contributed by atoms with Crippen molar-refractivity contribution >= 4 is 5.96 Å². The molecule has 2 aromatic carbocycles. The van der Waals surface area contributed by atoms with Gasteiger partial charge in [0.2, 0.25) is 0 Å². The summed E-state index contributed by atoms with van der Waals surface area (Å²) >= 11 is 0. The Hall–Kier alpha value is -2.93. The number of nitrogens with zero attached hydrogens (tertiary/aromatic N) is 3. The van der Waals surface area contributed by atoms with E-state index in [9.17, 15) is 0 Å². The van der Waals surface area contributed by atoms with Crippen molar-refractivity contribution in [2.75, 3.05) is 62.1 Å². The highest BCUT2D eigenvalue weighted by molar-refractivity contribution is 5.79.